The predicted octanol–water partition coefficient (Wildman–Crippen LogP) is 2.98. The van der Waals surface area contributed by atoms with E-state index in [-0.39, 0.29) is 16.8 Å². The lowest BCUT2D eigenvalue weighted by molar-refractivity contribution is -0.115. The molecule has 1 fully saturated rings. The number of nitrogens with zero attached hydrogens (tertiary/aromatic N) is 1. The molecule has 0 saturated heterocycles. The number of anilines is 1. The van der Waals surface area contributed by atoms with Crippen LogP contribution in [-0.2, 0) is 21.4 Å². The van der Waals surface area contributed by atoms with Gasteiger partial charge in [-0.2, -0.15) is 4.31 Å². The van der Waals surface area contributed by atoms with Gasteiger partial charge in [0, 0.05) is 30.3 Å². The third-order valence-corrected chi connectivity index (χ3v) is 5.85. The molecule has 1 N–H and O–H groups in total. The minimum Gasteiger partial charge on any atom is -0.472 e. The van der Waals surface area contributed by atoms with Crippen molar-refractivity contribution in [2.45, 2.75) is 43.7 Å². The molecule has 3 rings (SSSR count). The van der Waals surface area contributed by atoms with E-state index in [0.29, 0.717) is 18.7 Å². The minimum absolute atomic E-state index is 0.0457. The fourth-order valence-corrected chi connectivity index (χ4v) is 4.10. The number of nitrogens with one attached hydrogen (secondary N) is 1. The summed E-state index contributed by atoms with van der Waals surface area (Å²) in [5.74, 6) is -0.106. The Kier molecular flexibility index (Phi) is 4.73. The standard InChI is InChI=1S/C17H20N2O4S/c1-2-17(20)18-14-3-7-16(8-4-14)24(21,22)19(15-5-6-15)11-13-9-10-23-12-13/h3-4,7-10,12,15H,2,5-6,11H2,1H3,(H,18,20). The monoisotopic (exact) mass is 348 g/mol. The Balaban J connectivity index is 1.81. The summed E-state index contributed by atoms with van der Waals surface area (Å²) in [6, 6.07) is 8.11. The van der Waals surface area contributed by atoms with E-state index in [1.165, 1.54) is 22.7 Å². The van der Waals surface area contributed by atoms with Gasteiger partial charge in [-0.25, -0.2) is 8.42 Å². The van der Waals surface area contributed by atoms with E-state index in [9.17, 15) is 13.2 Å². The highest BCUT2D eigenvalue weighted by Gasteiger charge is 2.38. The van der Waals surface area contributed by atoms with E-state index in [0.717, 1.165) is 18.4 Å². The second-order valence-electron chi connectivity index (χ2n) is 5.84. The van der Waals surface area contributed by atoms with Gasteiger partial charge in [0.15, 0.2) is 0 Å². The highest BCUT2D eigenvalue weighted by Crippen LogP contribution is 2.33. The summed E-state index contributed by atoms with van der Waals surface area (Å²) in [7, 11) is -3.59. The molecule has 24 heavy (non-hydrogen) atoms. The average Bonchev–Trinajstić information content (AvgIpc) is 3.28. The van der Waals surface area contributed by atoms with Crippen molar-refractivity contribution in [1.82, 2.24) is 4.31 Å². The van der Waals surface area contributed by atoms with Crippen LogP contribution < -0.4 is 5.32 Å². The van der Waals surface area contributed by atoms with E-state index in [1.807, 2.05) is 0 Å². The van der Waals surface area contributed by atoms with Crippen LogP contribution in [0.2, 0.25) is 0 Å². The molecule has 1 amide bonds. The molecule has 1 aromatic carbocycles. The van der Waals surface area contributed by atoms with Gasteiger partial charge in [0.25, 0.3) is 0 Å². The number of furan rings is 1. The molecule has 0 unspecified atom stereocenters. The molecule has 7 heteroatoms. The molecular weight excluding hydrogens is 328 g/mol. The zero-order valence-corrected chi connectivity index (χ0v) is 14.3. The Hall–Kier alpha value is -2.12. The third-order valence-electron chi connectivity index (χ3n) is 3.94. The quantitative estimate of drug-likeness (QED) is 0.834. The number of amides is 1. The normalized spacial score (nSPS) is 14.8. The molecule has 0 aliphatic heterocycles. The summed E-state index contributed by atoms with van der Waals surface area (Å²) in [6.07, 6.45) is 5.23. The molecule has 1 aliphatic carbocycles. The van der Waals surface area contributed by atoms with Crippen LogP contribution in [0.5, 0.6) is 0 Å². The zero-order valence-electron chi connectivity index (χ0n) is 13.4. The SMILES string of the molecule is CCC(=O)Nc1ccc(S(=O)(=O)N(Cc2ccoc2)C2CC2)cc1. The molecule has 0 atom stereocenters. The second-order valence-corrected chi connectivity index (χ2v) is 7.73. The zero-order chi connectivity index (χ0) is 17.2. The van der Waals surface area contributed by atoms with Gasteiger partial charge < -0.3 is 9.73 Å². The van der Waals surface area contributed by atoms with Crippen LogP contribution in [0.15, 0.2) is 52.2 Å². The number of carbonyl (C=O) groups is 1. The van der Waals surface area contributed by atoms with Crippen LogP contribution in [0.25, 0.3) is 0 Å². The third kappa shape index (κ3) is 3.68. The van der Waals surface area contributed by atoms with Crippen molar-refractivity contribution in [3.05, 3.63) is 48.4 Å². The number of benzene rings is 1. The Labute approximate surface area is 141 Å². The fraction of sp³-hybridized carbons (Fsp3) is 0.353. The Bertz CT molecular complexity index is 794. The van der Waals surface area contributed by atoms with Crippen molar-refractivity contribution < 1.29 is 17.6 Å². The van der Waals surface area contributed by atoms with Gasteiger partial charge >= 0.3 is 0 Å². The van der Waals surface area contributed by atoms with E-state index >= 15 is 0 Å². The highest BCUT2D eigenvalue weighted by molar-refractivity contribution is 7.89. The highest BCUT2D eigenvalue weighted by atomic mass is 32.2. The second kappa shape index (κ2) is 6.78. The van der Waals surface area contributed by atoms with Crippen LogP contribution >= 0.6 is 0 Å². The van der Waals surface area contributed by atoms with Crippen LogP contribution in [0, 0.1) is 0 Å². The van der Waals surface area contributed by atoms with Crippen LogP contribution in [0.4, 0.5) is 5.69 Å². The summed E-state index contributed by atoms with van der Waals surface area (Å²) in [4.78, 5) is 11.6. The smallest absolute Gasteiger partial charge is 0.243 e. The fourth-order valence-electron chi connectivity index (χ4n) is 2.43. The van der Waals surface area contributed by atoms with Gasteiger partial charge in [0.2, 0.25) is 15.9 Å². The minimum atomic E-state index is -3.59. The van der Waals surface area contributed by atoms with Crippen LogP contribution in [0.3, 0.4) is 0 Å². The van der Waals surface area contributed by atoms with Crippen molar-refractivity contribution in [3.8, 4) is 0 Å². The van der Waals surface area contributed by atoms with E-state index in [1.54, 1.807) is 31.4 Å². The molecule has 1 aromatic heterocycles. The number of hydrogen-bond donors (Lipinski definition) is 1. The predicted molar refractivity (Wildman–Crippen MR) is 89.8 cm³/mol. The maximum atomic E-state index is 12.9. The Morgan fingerprint density at radius 3 is 2.50 bits per heavy atom. The van der Waals surface area contributed by atoms with Crippen molar-refractivity contribution in [2.24, 2.45) is 0 Å². The van der Waals surface area contributed by atoms with Crippen molar-refractivity contribution in [2.75, 3.05) is 5.32 Å². The topological polar surface area (TPSA) is 79.6 Å². The first-order chi connectivity index (χ1) is 11.5. The maximum absolute atomic E-state index is 12.9. The molecule has 1 aliphatic rings. The first kappa shape index (κ1) is 16.7. The van der Waals surface area contributed by atoms with Gasteiger partial charge in [0.05, 0.1) is 17.4 Å². The van der Waals surface area contributed by atoms with E-state index in [4.69, 9.17) is 4.42 Å². The number of sulfonamides is 1. The summed E-state index contributed by atoms with van der Waals surface area (Å²) >= 11 is 0. The van der Waals surface area contributed by atoms with Crippen molar-refractivity contribution in [3.63, 3.8) is 0 Å². The number of hydrogen-bond acceptors (Lipinski definition) is 4. The average molecular weight is 348 g/mol. The molecule has 128 valence electrons. The van der Waals surface area contributed by atoms with Crippen LogP contribution in [-0.4, -0.2) is 24.7 Å². The Morgan fingerprint density at radius 1 is 1.25 bits per heavy atom. The number of rotatable bonds is 7. The van der Waals surface area contributed by atoms with Gasteiger partial charge in [0.1, 0.15) is 0 Å². The molecule has 0 spiro atoms. The lowest BCUT2D eigenvalue weighted by Crippen LogP contribution is -2.32. The molecule has 1 heterocycles. The molecular formula is C17H20N2O4S. The van der Waals surface area contributed by atoms with Crippen LogP contribution in [0.1, 0.15) is 31.7 Å². The molecule has 0 radical (unpaired) electrons. The van der Waals surface area contributed by atoms with Gasteiger partial charge in [-0.15, -0.1) is 0 Å². The first-order valence-electron chi connectivity index (χ1n) is 7.93. The van der Waals surface area contributed by atoms with Crippen molar-refractivity contribution >= 4 is 21.6 Å². The molecule has 0 bridgehead atoms. The van der Waals surface area contributed by atoms with E-state index in [2.05, 4.69) is 5.32 Å². The molecule has 1 saturated carbocycles. The Morgan fingerprint density at radius 2 is 1.96 bits per heavy atom. The van der Waals surface area contributed by atoms with E-state index < -0.39 is 10.0 Å². The summed E-state index contributed by atoms with van der Waals surface area (Å²) < 4.78 is 32.4. The van der Waals surface area contributed by atoms with Crippen molar-refractivity contribution in [1.29, 1.82) is 0 Å². The molecule has 6 nitrogen and oxygen atoms in total. The molecule has 2 aromatic rings. The summed E-state index contributed by atoms with van der Waals surface area (Å²) in [5.41, 5.74) is 1.42. The van der Waals surface area contributed by atoms with Gasteiger partial charge in [-0.1, -0.05) is 6.92 Å². The summed E-state index contributed by atoms with van der Waals surface area (Å²) in [5, 5.41) is 2.71. The lowest BCUT2D eigenvalue weighted by Gasteiger charge is -2.21. The van der Waals surface area contributed by atoms with Gasteiger partial charge in [-0.05, 0) is 43.2 Å². The maximum Gasteiger partial charge on any atom is 0.243 e. The summed E-state index contributed by atoms with van der Waals surface area (Å²) in [6.45, 7) is 2.06. The lowest BCUT2D eigenvalue weighted by atomic mass is 10.3. The van der Waals surface area contributed by atoms with Gasteiger partial charge in [-0.3, -0.25) is 4.79 Å². The largest absolute Gasteiger partial charge is 0.472 e. The number of carbonyl (C=O) groups excluding carboxylic acids is 1. The first-order valence-corrected chi connectivity index (χ1v) is 9.37.